The molecule has 2 aromatic rings. The summed E-state index contributed by atoms with van der Waals surface area (Å²) >= 11 is 0. The Bertz CT molecular complexity index is 815. The molecule has 0 saturated carbocycles. The number of hydrogen-bond donors (Lipinski definition) is 3. The maximum absolute atomic E-state index is 12.0. The van der Waals surface area contributed by atoms with Crippen molar-refractivity contribution in [1.29, 1.82) is 0 Å². The van der Waals surface area contributed by atoms with E-state index < -0.39 is 6.03 Å². The van der Waals surface area contributed by atoms with Gasteiger partial charge >= 0.3 is 6.03 Å². The van der Waals surface area contributed by atoms with Gasteiger partial charge < -0.3 is 15.3 Å². The smallest absolute Gasteiger partial charge is 0.328 e. The largest absolute Gasteiger partial charge is 0.483 e. The predicted octanol–water partition coefficient (Wildman–Crippen LogP) is -0.714. The number of imide groups is 1. The number of carbonyl (C=O) groups is 3. The number of amides is 3. The molecule has 0 aromatic carbocycles. The molecule has 0 bridgehead atoms. The molecule has 26 heavy (non-hydrogen) atoms. The molecule has 0 spiro atoms. The lowest BCUT2D eigenvalue weighted by Gasteiger charge is -2.29. The maximum Gasteiger partial charge on any atom is 0.328 e. The van der Waals surface area contributed by atoms with Gasteiger partial charge in [-0.2, -0.15) is 5.10 Å². The summed E-state index contributed by atoms with van der Waals surface area (Å²) in [5.41, 5.74) is 2.22. The van der Waals surface area contributed by atoms with Crippen molar-refractivity contribution in [2.24, 2.45) is 0 Å². The highest BCUT2D eigenvalue weighted by atomic mass is 16.3. The first-order valence-electron chi connectivity index (χ1n) is 8.12. The van der Waals surface area contributed by atoms with Crippen LogP contribution in [0.4, 0.5) is 16.2 Å². The first-order valence-corrected chi connectivity index (χ1v) is 8.12. The molecule has 4 heterocycles. The molecular formula is C15H19N7O4. The van der Waals surface area contributed by atoms with Crippen molar-refractivity contribution in [3.05, 3.63) is 18.6 Å². The van der Waals surface area contributed by atoms with E-state index in [0.29, 0.717) is 17.9 Å². The van der Waals surface area contributed by atoms with Gasteiger partial charge in [0.1, 0.15) is 5.69 Å². The number of urea groups is 1. The number of hydrogen-bond acceptors (Lipinski definition) is 7. The molecule has 138 valence electrons. The van der Waals surface area contributed by atoms with Crippen LogP contribution in [0.25, 0.3) is 5.65 Å². The number of rotatable bonds is 2. The van der Waals surface area contributed by atoms with Crippen molar-refractivity contribution in [2.75, 3.05) is 42.5 Å². The Hall–Kier alpha value is -3.21. The van der Waals surface area contributed by atoms with Gasteiger partial charge in [0.2, 0.25) is 5.91 Å². The average molecular weight is 361 g/mol. The monoisotopic (exact) mass is 361 g/mol. The molecule has 3 amide bonds. The third kappa shape index (κ3) is 3.57. The van der Waals surface area contributed by atoms with Crippen LogP contribution in [0.5, 0.6) is 0 Å². The fourth-order valence-electron chi connectivity index (χ4n) is 2.92. The van der Waals surface area contributed by atoms with Gasteiger partial charge in [-0.15, -0.1) is 0 Å². The van der Waals surface area contributed by atoms with Crippen molar-refractivity contribution in [3.8, 4) is 0 Å². The van der Waals surface area contributed by atoms with E-state index in [4.69, 9.17) is 9.90 Å². The minimum Gasteiger partial charge on any atom is -0.483 e. The minimum atomic E-state index is -0.427. The van der Waals surface area contributed by atoms with Crippen molar-refractivity contribution in [1.82, 2.24) is 25.2 Å². The first-order chi connectivity index (χ1) is 12.6. The van der Waals surface area contributed by atoms with E-state index in [9.17, 15) is 9.59 Å². The molecule has 2 saturated heterocycles. The lowest BCUT2D eigenvalue weighted by atomic mass is 10.3. The Morgan fingerprint density at radius 2 is 1.88 bits per heavy atom. The summed E-state index contributed by atoms with van der Waals surface area (Å²) in [6.07, 6.45) is 5.62. The zero-order valence-electron chi connectivity index (χ0n) is 14.0. The molecule has 2 aromatic heterocycles. The van der Waals surface area contributed by atoms with Crippen LogP contribution in [0.1, 0.15) is 6.42 Å². The Morgan fingerprint density at radius 3 is 2.58 bits per heavy atom. The van der Waals surface area contributed by atoms with E-state index in [1.807, 2.05) is 6.20 Å². The second-order valence-electron chi connectivity index (χ2n) is 5.71. The van der Waals surface area contributed by atoms with E-state index in [1.54, 1.807) is 16.9 Å². The van der Waals surface area contributed by atoms with Crippen LogP contribution in [-0.4, -0.2) is 70.8 Å². The molecule has 3 N–H and O–H groups in total. The Balaban J connectivity index is 0.000000613. The van der Waals surface area contributed by atoms with Crippen LogP contribution in [-0.2, 0) is 9.59 Å². The summed E-state index contributed by atoms with van der Waals surface area (Å²) in [5, 5.41) is 16.8. The van der Waals surface area contributed by atoms with Gasteiger partial charge in [-0.05, 0) is 0 Å². The number of anilines is 2. The number of fused-ring (bicyclic) bond motifs is 1. The standard InChI is InChI=1S/C14H17N7O2.CH2O2/c22-12-1-4-20(14(23)18-12)11-8-17-21-9-10(7-16-13(11)21)19-5-2-15-3-6-19;2-1-3/h7-9,15H,1-6H2,(H,18,22,23);1H,(H,2,3). The van der Waals surface area contributed by atoms with Crippen molar-refractivity contribution < 1.29 is 19.5 Å². The SMILES string of the molecule is O=C1CCN(c2cnn3cc(N4CCNCC4)cnc23)C(=O)N1.O=CO. The van der Waals surface area contributed by atoms with Crippen LogP contribution >= 0.6 is 0 Å². The summed E-state index contributed by atoms with van der Waals surface area (Å²) in [6.45, 7) is 3.85. The predicted molar refractivity (Wildman–Crippen MR) is 92.3 cm³/mol. The van der Waals surface area contributed by atoms with Gasteiger partial charge in [0.25, 0.3) is 6.47 Å². The molecule has 4 rings (SSSR count). The highest BCUT2D eigenvalue weighted by Crippen LogP contribution is 2.23. The van der Waals surface area contributed by atoms with Gasteiger partial charge in [0.05, 0.1) is 24.3 Å². The number of carboxylic acid groups (broad SMARTS) is 1. The fourth-order valence-corrected chi connectivity index (χ4v) is 2.92. The summed E-state index contributed by atoms with van der Waals surface area (Å²) in [6, 6.07) is -0.427. The van der Waals surface area contributed by atoms with Crippen LogP contribution in [0.2, 0.25) is 0 Å². The third-order valence-electron chi connectivity index (χ3n) is 4.15. The molecule has 2 aliphatic rings. The first kappa shape index (κ1) is 17.6. The van der Waals surface area contributed by atoms with E-state index in [0.717, 1.165) is 31.9 Å². The summed E-state index contributed by atoms with van der Waals surface area (Å²) in [4.78, 5) is 39.8. The summed E-state index contributed by atoms with van der Waals surface area (Å²) in [7, 11) is 0. The van der Waals surface area contributed by atoms with Gasteiger partial charge in [0.15, 0.2) is 5.65 Å². The molecule has 0 radical (unpaired) electrons. The maximum atomic E-state index is 12.0. The normalized spacial score (nSPS) is 17.5. The molecule has 0 atom stereocenters. The van der Waals surface area contributed by atoms with Crippen molar-refractivity contribution in [3.63, 3.8) is 0 Å². The van der Waals surface area contributed by atoms with Crippen LogP contribution in [0.3, 0.4) is 0 Å². The van der Waals surface area contributed by atoms with Crippen LogP contribution in [0.15, 0.2) is 18.6 Å². The molecule has 0 unspecified atom stereocenters. The number of carbonyl (C=O) groups excluding carboxylic acids is 2. The lowest BCUT2D eigenvalue weighted by molar-refractivity contribution is -0.123. The molecule has 11 nitrogen and oxygen atoms in total. The van der Waals surface area contributed by atoms with Gasteiger partial charge in [-0.1, -0.05) is 0 Å². The summed E-state index contributed by atoms with van der Waals surface area (Å²) in [5.74, 6) is -0.253. The average Bonchev–Trinajstić information content (AvgIpc) is 3.06. The number of nitrogens with one attached hydrogen (secondary N) is 2. The van der Waals surface area contributed by atoms with E-state index in [2.05, 4.69) is 25.6 Å². The lowest BCUT2D eigenvalue weighted by Crippen LogP contribution is -2.49. The van der Waals surface area contributed by atoms with E-state index >= 15 is 0 Å². The third-order valence-corrected chi connectivity index (χ3v) is 4.15. The van der Waals surface area contributed by atoms with E-state index in [1.165, 1.54) is 4.90 Å². The fraction of sp³-hybridized carbons (Fsp3) is 0.400. The van der Waals surface area contributed by atoms with Crippen LogP contribution in [0, 0.1) is 0 Å². The second kappa shape index (κ2) is 7.78. The topological polar surface area (TPSA) is 132 Å². The number of piperazine rings is 1. The van der Waals surface area contributed by atoms with Gasteiger partial charge in [-0.25, -0.2) is 14.3 Å². The second-order valence-corrected chi connectivity index (χ2v) is 5.71. The number of aromatic nitrogens is 3. The Morgan fingerprint density at radius 1 is 1.15 bits per heavy atom. The highest BCUT2D eigenvalue weighted by Gasteiger charge is 2.27. The Kier molecular flexibility index (Phi) is 5.27. The summed E-state index contributed by atoms with van der Waals surface area (Å²) < 4.78 is 1.68. The quantitative estimate of drug-likeness (QED) is 0.598. The van der Waals surface area contributed by atoms with Gasteiger partial charge in [-0.3, -0.25) is 19.8 Å². The zero-order valence-corrected chi connectivity index (χ0v) is 14.0. The van der Waals surface area contributed by atoms with Crippen molar-refractivity contribution in [2.45, 2.75) is 6.42 Å². The van der Waals surface area contributed by atoms with Crippen molar-refractivity contribution >= 4 is 35.4 Å². The minimum absolute atomic E-state index is 0.250. The number of nitrogens with zero attached hydrogens (tertiary/aromatic N) is 5. The Labute approximate surface area is 148 Å². The highest BCUT2D eigenvalue weighted by molar-refractivity contribution is 6.07. The van der Waals surface area contributed by atoms with Crippen LogP contribution < -0.4 is 20.4 Å². The van der Waals surface area contributed by atoms with Gasteiger partial charge in [0, 0.05) is 39.1 Å². The molecule has 0 aliphatic carbocycles. The van der Waals surface area contributed by atoms with E-state index in [-0.39, 0.29) is 18.8 Å². The molecule has 2 aliphatic heterocycles. The molecular weight excluding hydrogens is 342 g/mol. The molecule has 11 heteroatoms. The molecule has 2 fully saturated rings. The zero-order chi connectivity index (χ0) is 18.5.